The molecule has 0 spiro atoms. The van der Waals surface area contributed by atoms with E-state index in [1.165, 1.54) is 0 Å². The van der Waals surface area contributed by atoms with Crippen LogP contribution in [-0.4, -0.2) is 30.7 Å². The highest BCUT2D eigenvalue weighted by atomic mass is 16.6. The van der Waals surface area contributed by atoms with E-state index >= 15 is 0 Å². The number of ether oxygens (including phenoxy) is 3. The Morgan fingerprint density at radius 3 is 2.86 bits per heavy atom. The molecule has 1 aromatic carbocycles. The Hall–Kier alpha value is -2.76. The fourth-order valence-electron chi connectivity index (χ4n) is 2.09. The molecule has 0 bridgehead atoms. The molecule has 1 aliphatic rings. The summed E-state index contributed by atoms with van der Waals surface area (Å²) in [5.74, 6) is 1.56. The molecule has 6 nitrogen and oxygen atoms in total. The van der Waals surface area contributed by atoms with Gasteiger partial charge in [0.15, 0.2) is 11.5 Å². The van der Waals surface area contributed by atoms with Crippen molar-refractivity contribution in [3.8, 4) is 17.4 Å². The topological polar surface area (TPSA) is 69.7 Å². The van der Waals surface area contributed by atoms with Gasteiger partial charge in [-0.2, -0.15) is 0 Å². The van der Waals surface area contributed by atoms with E-state index in [1.807, 2.05) is 24.3 Å². The van der Waals surface area contributed by atoms with Gasteiger partial charge in [0, 0.05) is 18.8 Å². The number of aromatic nitrogens is 1. The van der Waals surface area contributed by atoms with Crippen molar-refractivity contribution in [1.29, 1.82) is 0 Å². The number of pyridine rings is 1. The summed E-state index contributed by atoms with van der Waals surface area (Å²) in [5, 5.41) is 2.81. The molecule has 2 heterocycles. The number of fused-ring (bicyclic) bond motifs is 1. The first kappa shape index (κ1) is 14.2. The standard InChI is InChI=1S/C16H16N2O4/c1-20-15-7-6-11(8-17-15)9-18-16(19)14-10-21-12-4-2-3-5-13(12)22-14/h2-8,14H,9-10H2,1H3,(H,18,19). The fourth-order valence-corrected chi connectivity index (χ4v) is 2.09. The van der Waals surface area contributed by atoms with E-state index in [2.05, 4.69) is 10.3 Å². The molecule has 0 saturated heterocycles. The zero-order valence-corrected chi connectivity index (χ0v) is 12.1. The van der Waals surface area contributed by atoms with Crippen molar-refractivity contribution < 1.29 is 19.0 Å². The Morgan fingerprint density at radius 2 is 2.14 bits per heavy atom. The van der Waals surface area contributed by atoms with Gasteiger partial charge in [-0.25, -0.2) is 4.98 Å². The lowest BCUT2D eigenvalue weighted by Gasteiger charge is -2.25. The van der Waals surface area contributed by atoms with Gasteiger partial charge in [-0.05, 0) is 17.7 Å². The number of amides is 1. The Labute approximate surface area is 128 Å². The van der Waals surface area contributed by atoms with Crippen LogP contribution in [-0.2, 0) is 11.3 Å². The first-order valence-electron chi connectivity index (χ1n) is 6.91. The molecule has 1 amide bonds. The van der Waals surface area contributed by atoms with Gasteiger partial charge < -0.3 is 19.5 Å². The molecule has 0 radical (unpaired) electrons. The van der Waals surface area contributed by atoms with Gasteiger partial charge in [-0.3, -0.25) is 4.79 Å². The Kier molecular flexibility index (Phi) is 4.09. The number of rotatable bonds is 4. The number of benzene rings is 1. The molecule has 2 aromatic rings. The van der Waals surface area contributed by atoms with Crippen molar-refractivity contribution in [2.24, 2.45) is 0 Å². The predicted octanol–water partition coefficient (Wildman–Crippen LogP) is 1.55. The third kappa shape index (κ3) is 3.11. The molecular weight excluding hydrogens is 284 g/mol. The zero-order valence-electron chi connectivity index (χ0n) is 12.1. The number of hydrogen-bond donors (Lipinski definition) is 1. The van der Waals surface area contributed by atoms with E-state index in [-0.39, 0.29) is 12.5 Å². The van der Waals surface area contributed by atoms with Crippen molar-refractivity contribution >= 4 is 5.91 Å². The van der Waals surface area contributed by atoms with Gasteiger partial charge in [0.1, 0.15) is 6.61 Å². The van der Waals surface area contributed by atoms with Crippen molar-refractivity contribution in [2.45, 2.75) is 12.6 Å². The van der Waals surface area contributed by atoms with Crippen molar-refractivity contribution in [3.05, 3.63) is 48.2 Å². The molecule has 1 aromatic heterocycles. The van der Waals surface area contributed by atoms with E-state index in [4.69, 9.17) is 14.2 Å². The molecule has 1 N–H and O–H groups in total. The van der Waals surface area contributed by atoms with Crippen molar-refractivity contribution in [3.63, 3.8) is 0 Å². The first-order chi connectivity index (χ1) is 10.8. The summed E-state index contributed by atoms with van der Waals surface area (Å²) in [7, 11) is 1.56. The molecule has 1 unspecified atom stereocenters. The maximum atomic E-state index is 12.1. The number of nitrogens with one attached hydrogen (secondary N) is 1. The maximum Gasteiger partial charge on any atom is 0.264 e. The first-order valence-corrected chi connectivity index (χ1v) is 6.91. The molecule has 22 heavy (non-hydrogen) atoms. The molecule has 1 aliphatic heterocycles. The molecule has 6 heteroatoms. The number of carbonyl (C=O) groups is 1. The summed E-state index contributed by atoms with van der Waals surface area (Å²) < 4.78 is 16.2. The summed E-state index contributed by atoms with van der Waals surface area (Å²) in [6.45, 7) is 0.570. The van der Waals surface area contributed by atoms with Gasteiger partial charge in [-0.1, -0.05) is 18.2 Å². The number of nitrogens with zero attached hydrogens (tertiary/aromatic N) is 1. The summed E-state index contributed by atoms with van der Waals surface area (Å²) in [4.78, 5) is 16.2. The largest absolute Gasteiger partial charge is 0.485 e. The maximum absolute atomic E-state index is 12.1. The monoisotopic (exact) mass is 300 g/mol. The average Bonchev–Trinajstić information content (AvgIpc) is 2.59. The van der Waals surface area contributed by atoms with Crippen LogP contribution in [0.25, 0.3) is 0 Å². The van der Waals surface area contributed by atoms with Gasteiger partial charge >= 0.3 is 0 Å². The highest BCUT2D eigenvalue weighted by Crippen LogP contribution is 2.30. The predicted molar refractivity (Wildman–Crippen MR) is 79.0 cm³/mol. The van der Waals surface area contributed by atoms with E-state index in [0.717, 1.165) is 5.56 Å². The van der Waals surface area contributed by atoms with Gasteiger partial charge in [0.2, 0.25) is 12.0 Å². The fraction of sp³-hybridized carbons (Fsp3) is 0.250. The van der Waals surface area contributed by atoms with E-state index in [0.29, 0.717) is 23.9 Å². The van der Waals surface area contributed by atoms with Crippen LogP contribution < -0.4 is 19.5 Å². The lowest BCUT2D eigenvalue weighted by Crippen LogP contribution is -2.43. The van der Waals surface area contributed by atoms with Gasteiger partial charge in [0.25, 0.3) is 5.91 Å². The lowest BCUT2D eigenvalue weighted by atomic mass is 10.2. The van der Waals surface area contributed by atoms with Crippen molar-refractivity contribution in [2.75, 3.05) is 13.7 Å². The van der Waals surface area contributed by atoms with Crippen molar-refractivity contribution in [1.82, 2.24) is 10.3 Å². The molecule has 0 saturated carbocycles. The lowest BCUT2D eigenvalue weighted by molar-refractivity contribution is -0.130. The second-order valence-electron chi connectivity index (χ2n) is 4.79. The van der Waals surface area contributed by atoms with Crippen LogP contribution >= 0.6 is 0 Å². The number of hydrogen-bond acceptors (Lipinski definition) is 5. The number of carbonyl (C=O) groups excluding carboxylic acids is 1. The van der Waals surface area contributed by atoms with E-state index < -0.39 is 6.10 Å². The Balaban J connectivity index is 1.56. The molecule has 0 fully saturated rings. The Bertz CT molecular complexity index is 657. The normalized spacial score (nSPS) is 16.0. The summed E-state index contributed by atoms with van der Waals surface area (Å²) in [5.41, 5.74) is 0.881. The molecule has 0 aliphatic carbocycles. The van der Waals surface area contributed by atoms with Gasteiger partial charge in [-0.15, -0.1) is 0 Å². The van der Waals surface area contributed by atoms with Crippen LogP contribution in [0.15, 0.2) is 42.6 Å². The van der Waals surface area contributed by atoms with Crippen LogP contribution in [0.2, 0.25) is 0 Å². The smallest absolute Gasteiger partial charge is 0.264 e. The highest BCUT2D eigenvalue weighted by molar-refractivity contribution is 5.81. The highest BCUT2D eigenvalue weighted by Gasteiger charge is 2.26. The number of para-hydroxylation sites is 2. The molecule has 3 rings (SSSR count). The third-order valence-corrected chi connectivity index (χ3v) is 3.27. The average molecular weight is 300 g/mol. The Morgan fingerprint density at radius 1 is 1.32 bits per heavy atom. The van der Waals surface area contributed by atoms with Crippen LogP contribution in [0, 0.1) is 0 Å². The second kappa shape index (κ2) is 6.34. The third-order valence-electron chi connectivity index (χ3n) is 3.27. The zero-order chi connectivity index (χ0) is 15.4. The minimum atomic E-state index is -0.652. The minimum Gasteiger partial charge on any atom is -0.485 e. The summed E-state index contributed by atoms with van der Waals surface area (Å²) >= 11 is 0. The van der Waals surface area contributed by atoms with E-state index in [9.17, 15) is 4.79 Å². The van der Waals surface area contributed by atoms with Gasteiger partial charge in [0.05, 0.1) is 7.11 Å². The van der Waals surface area contributed by atoms with Crippen LogP contribution in [0.4, 0.5) is 0 Å². The molecule has 114 valence electrons. The van der Waals surface area contributed by atoms with E-state index in [1.54, 1.807) is 25.4 Å². The summed E-state index contributed by atoms with van der Waals surface area (Å²) in [6.07, 6.45) is 1.01. The van der Waals surface area contributed by atoms with Crippen LogP contribution in [0.3, 0.4) is 0 Å². The molecule has 1 atom stereocenters. The van der Waals surface area contributed by atoms with Crippen LogP contribution in [0.5, 0.6) is 17.4 Å². The molecular formula is C16H16N2O4. The minimum absolute atomic E-state index is 0.198. The second-order valence-corrected chi connectivity index (χ2v) is 4.79. The SMILES string of the molecule is COc1ccc(CNC(=O)C2COc3ccccc3O2)cn1. The quantitative estimate of drug-likeness (QED) is 0.927. The number of methoxy groups -OCH3 is 1. The summed E-state index contributed by atoms with van der Waals surface area (Å²) in [6, 6.07) is 10.9. The van der Waals surface area contributed by atoms with Crippen LogP contribution in [0.1, 0.15) is 5.56 Å².